The molecule has 0 fully saturated rings. The zero-order valence-corrected chi connectivity index (χ0v) is 26.1. The van der Waals surface area contributed by atoms with Gasteiger partial charge in [-0.15, -0.1) is 0 Å². The third kappa shape index (κ3) is 9.28. The Morgan fingerprint density at radius 2 is 1.45 bits per heavy atom. The summed E-state index contributed by atoms with van der Waals surface area (Å²) in [5.41, 5.74) is 4.41. The number of rotatable bonds is 16. The molecule has 0 bridgehead atoms. The molecule has 4 unspecified atom stereocenters. The monoisotopic (exact) mass is 548 g/mol. The van der Waals surface area contributed by atoms with E-state index in [1.807, 2.05) is 20.8 Å². The third-order valence-electron chi connectivity index (χ3n) is 8.98. The molecule has 4 nitrogen and oxygen atoms in total. The Bertz CT molecular complexity index is 953. The van der Waals surface area contributed by atoms with Crippen LogP contribution < -0.4 is 4.74 Å². The fourth-order valence-electron chi connectivity index (χ4n) is 6.31. The van der Waals surface area contributed by atoms with Crippen molar-refractivity contribution in [3.8, 4) is 5.75 Å². The average Bonchev–Trinajstić information content (AvgIpc) is 2.81. The molecule has 1 aromatic rings. The van der Waals surface area contributed by atoms with Crippen molar-refractivity contribution in [2.24, 2.45) is 17.8 Å². The highest BCUT2D eigenvalue weighted by molar-refractivity contribution is 6.63. The minimum absolute atomic E-state index is 0.204. The molecule has 0 aliphatic carbocycles. The number of hydrogen-bond acceptors (Lipinski definition) is 3. The zero-order chi connectivity index (χ0) is 28.6. The van der Waals surface area contributed by atoms with E-state index in [1.165, 1.54) is 44.9 Å². The lowest BCUT2D eigenvalue weighted by atomic mass is 9.79. The molecule has 5 heteroatoms. The molecule has 4 atom stereocenters. The quantitative estimate of drug-likeness (QED) is 0.209. The molecule has 0 spiro atoms. The minimum Gasteiger partial charge on any atom is -0.487 e. The maximum atomic E-state index is 12.0. The van der Waals surface area contributed by atoms with Crippen LogP contribution in [0.1, 0.15) is 139 Å². The Morgan fingerprint density at radius 1 is 0.895 bits per heavy atom. The Balaban J connectivity index is 1.95. The van der Waals surface area contributed by atoms with Crippen molar-refractivity contribution in [2.75, 3.05) is 0 Å². The molecule has 38 heavy (non-hydrogen) atoms. The Labute approximate surface area is 237 Å². The van der Waals surface area contributed by atoms with Gasteiger partial charge in [0.05, 0.1) is 5.92 Å². The standard InChI is InChI=1S/C33H53ClO4/c1-21(2)12-9-13-22(3)14-10-15-23(4)16-11-18-33(8)19-17-27-26(7)30(24(5)25(6)31(27)38-33)28(32(36)37)20-29(34)35/h21-23,28H,9-20H2,1-8H3,(H,36,37). The number of fused-ring (bicyclic) bond motifs is 1. The highest BCUT2D eigenvalue weighted by atomic mass is 35.5. The van der Waals surface area contributed by atoms with E-state index in [4.69, 9.17) is 16.3 Å². The van der Waals surface area contributed by atoms with Crippen molar-refractivity contribution in [1.29, 1.82) is 0 Å². The highest BCUT2D eigenvalue weighted by Gasteiger charge is 2.36. The third-order valence-corrected chi connectivity index (χ3v) is 9.13. The predicted octanol–water partition coefficient (Wildman–Crippen LogP) is 9.46. The van der Waals surface area contributed by atoms with Crippen LogP contribution >= 0.6 is 11.6 Å². The predicted molar refractivity (Wildman–Crippen MR) is 159 cm³/mol. The van der Waals surface area contributed by atoms with Crippen LogP contribution in [-0.4, -0.2) is 21.9 Å². The second kappa shape index (κ2) is 14.7. The maximum Gasteiger partial charge on any atom is 0.311 e. The molecular weight excluding hydrogens is 496 g/mol. The van der Waals surface area contributed by atoms with Gasteiger partial charge in [-0.3, -0.25) is 9.59 Å². The number of aliphatic carboxylic acids is 1. The molecule has 0 radical (unpaired) electrons. The molecule has 1 aromatic carbocycles. The van der Waals surface area contributed by atoms with Crippen LogP contribution in [0.3, 0.4) is 0 Å². The largest absolute Gasteiger partial charge is 0.487 e. The summed E-state index contributed by atoms with van der Waals surface area (Å²) in [6.45, 7) is 17.6. The number of carboxylic acid groups (broad SMARTS) is 1. The van der Waals surface area contributed by atoms with Crippen molar-refractivity contribution < 1.29 is 19.4 Å². The van der Waals surface area contributed by atoms with Crippen molar-refractivity contribution >= 4 is 22.8 Å². The normalized spacial score (nSPS) is 19.5. The summed E-state index contributed by atoms with van der Waals surface area (Å²) in [5.74, 6) is 1.37. The number of carboxylic acids is 1. The number of hydrogen-bond donors (Lipinski definition) is 1. The van der Waals surface area contributed by atoms with Crippen molar-refractivity contribution in [3.63, 3.8) is 0 Å². The van der Waals surface area contributed by atoms with Gasteiger partial charge in [-0.25, -0.2) is 0 Å². The fraction of sp³-hybridized carbons (Fsp3) is 0.758. The highest BCUT2D eigenvalue weighted by Crippen LogP contribution is 2.44. The zero-order valence-electron chi connectivity index (χ0n) is 25.3. The maximum absolute atomic E-state index is 12.0. The molecule has 216 valence electrons. The van der Waals surface area contributed by atoms with E-state index < -0.39 is 17.1 Å². The van der Waals surface area contributed by atoms with Gasteiger partial charge in [0.15, 0.2) is 0 Å². The lowest BCUT2D eigenvalue weighted by Crippen LogP contribution is -2.37. The number of benzene rings is 1. The van der Waals surface area contributed by atoms with Crippen LogP contribution in [0.2, 0.25) is 0 Å². The van der Waals surface area contributed by atoms with Crippen LogP contribution in [0.4, 0.5) is 0 Å². The summed E-state index contributed by atoms with van der Waals surface area (Å²) >= 11 is 5.60. The number of carbonyl (C=O) groups is 2. The number of halogens is 1. The lowest BCUT2D eigenvalue weighted by Gasteiger charge is -2.39. The van der Waals surface area contributed by atoms with Gasteiger partial charge in [0.25, 0.3) is 0 Å². The van der Waals surface area contributed by atoms with Crippen molar-refractivity contribution in [2.45, 2.75) is 144 Å². The van der Waals surface area contributed by atoms with Gasteiger partial charge in [0.1, 0.15) is 11.4 Å². The van der Waals surface area contributed by atoms with Gasteiger partial charge in [0, 0.05) is 6.42 Å². The molecule has 0 saturated heterocycles. The lowest BCUT2D eigenvalue weighted by molar-refractivity contribution is -0.140. The number of carbonyl (C=O) groups excluding carboxylic acids is 1. The molecule has 0 aromatic heterocycles. The van der Waals surface area contributed by atoms with Gasteiger partial charge in [-0.05, 0) is 111 Å². The van der Waals surface area contributed by atoms with Gasteiger partial charge in [-0.2, -0.15) is 0 Å². The Kier molecular flexibility index (Phi) is 12.7. The van der Waals surface area contributed by atoms with Crippen LogP contribution in [0.15, 0.2) is 0 Å². The summed E-state index contributed by atoms with van der Waals surface area (Å²) in [7, 11) is 0. The van der Waals surface area contributed by atoms with E-state index in [-0.39, 0.29) is 12.0 Å². The van der Waals surface area contributed by atoms with Gasteiger partial charge >= 0.3 is 5.97 Å². The van der Waals surface area contributed by atoms with Crippen LogP contribution in [-0.2, 0) is 16.0 Å². The van der Waals surface area contributed by atoms with Gasteiger partial charge in [0.2, 0.25) is 5.24 Å². The summed E-state index contributed by atoms with van der Waals surface area (Å²) in [5, 5.41) is 9.21. The van der Waals surface area contributed by atoms with E-state index >= 15 is 0 Å². The van der Waals surface area contributed by atoms with Crippen molar-refractivity contribution in [3.05, 3.63) is 27.8 Å². The van der Waals surface area contributed by atoms with E-state index in [9.17, 15) is 14.7 Å². The number of ether oxygens (including phenoxy) is 1. The first-order valence-electron chi connectivity index (χ1n) is 15.0. The summed E-state index contributed by atoms with van der Waals surface area (Å²) in [6.07, 6.45) is 13.1. The first-order chi connectivity index (χ1) is 17.8. The fourth-order valence-corrected chi connectivity index (χ4v) is 6.47. The molecule has 1 N–H and O–H groups in total. The van der Waals surface area contributed by atoms with Crippen molar-refractivity contribution in [1.82, 2.24) is 0 Å². The summed E-state index contributed by atoms with van der Waals surface area (Å²) < 4.78 is 6.70. The summed E-state index contributed by atoms with van der Waals surface area (Å²) in [6, 6.07) is 0. The molecular formula is C33H53ClO4. The van der Waals surface area contributed by atoms with Crippen LogP contribution in [0.25, 0.3) is 0 Å². The average molecular weight is 549 g/mol. The van der Waals surface area contributed by atoms with E-state index in [2.05, 4.69) is 34.6 Å². The molecule has 0 amide bonds. The molecule has 2 rings (SSSR count). The SMILES string of the molecule is Cc1c(C)c(C(CC(=O)Cl)C(=O)O)c(C)c2c1OC(C)(CCCC(C)CCCC(C)CCCC(C)C)CC2. The Hall–Kier alpha value is -1.55. The minimum atomic E-state index is -1.01. The second-order valence-electron chi connectivity index (χ2n) is 13.0. The van der Waals surface area contributed by atoms with Crippen LogP contribution in [0, 0.1) is 38.5 Å². The molecule has 0 saturated carbocycles. The molecule has 1 aliphatic rings. The van der Waals surface area contributed by atoms with Gasteiger partial charge in [-0.1, -0.05) is 72.6 Å². The first-order valence-corrected chi connectivity index (χ1v) is 15.4. The van der Waals surface area contributed by atoms with E-state index in [0.29, 0.717) is 0 Å². The summed E-state index contributed by atoms with van der Waals surface area (Å²) in [4.78, 5) is 23.6. The van der Waals surface area contributed by atoms with E-state index in [0.717, 1.165) is 77.0 Å². The molecule has 1 heterocycles. The Morgan fingerprint density at radius 3 is 1.97 bits per heavy atom. The van der Waals surface area contributed by atoms with Gasteiger partial charge < -0.3 is 9.84 Å². The molecule has 1 aliphatic heterocycles. The van der Waals surface area contributed by atoms with Crippen LogP contribution in [0.5, 0.6) is 5.75 Å². The first kappa shape index (κ1) is 32.7. The smallest absolute Gasteiger partial charge is 0.311 e. The second-order valence-corrected chi connectivity index (χ2v) is 13.4. The topological polar surface area (TPSA) is 63.6 Å². The van der Waals surface area contributed by atoms with E-state index in [1.54, 1.807) is 0 Å².